The van der Waals surface area contributed by atoms with Crippen molar-refractivity contribution in [2.45, 2.75) is 58.2 Å². The molecule has 1 N–H and O–H groups in total. The number of amides is 2. The highest BCUT2D eigenvalue weighted by molar-refractivity contribution is 5.93. The van der Waals surface area contributed by atoms with Crippen LogP contribution in [0.3, 0.4) is 0 Å². The van der Waals surface area contributed by atoms with Gasteiger partial charge in [-0.05, 0) is 58.6 Å². The van der Waals surface area contributed by atoms with Crippen LogP contribution in [0.5, 0.6) is 5.75 Å². The Labute approximate surface area is 172 Å². The molecule has 7 heteroatoms. The number of carbonyl (C=O) groups excluding carboxylic acids is 2. The van der Waals surface area contributed by atoms with Gasteiger partial charge < -0.3 is 24.4 Å². The van der Waals surface area contributed by atoms with Crippen molar-refractivity contribution in [3.8, 4) is 5.75 Å². The first-order valence-corrected chi connectivity index (χ1v) is 10.4. The molecule has 3 rings (SSSR count). The molecule has 2 atom stereocenters. The molecule has 0 bridgehead atoms. The molecular formula is C22H32N2O5. The molecule has 0 spiro atoms. The first kappa shape index (κ1) is 21.4. The molecule has 1 aromatic carbocycles. The summed E-state index contributed by atoms with van der Waals surface area (Å²) in [5.74, 6) is 0.361. The van der Waals surface area contributed by atoms with Gasteiger partial charge in [0.15, 0.2) is 0 Å². The van der Waals surface area contributed by atoms with Gasteiger partial charge in [-0.1, -0.05) is 6.07 Å². The molecule has 0 radical (unpaired) electrons. The third-order valence-corrected chi connectivity index (χ3v) is 5.01. The van der Waals surface area contributed by atoms with E-state index in [1.165, 1.54) is 0 Å². The second-order valence-electron chi connectivity index (χ2n) is 8.73. The second-order valence-corrected chi connectivity index (χ2v) is 8.73. The number of benzene rings is 1. The maximum Gasteiger partial charge on any atom is 0.410 e. The first-order valence-electron chi connectivity index (χ1n) is 10.4. The van der Waals surface area contributed by atoms with Gasteiger partial charge in [-0.2, -0.15) is 0 Å². The van der Waals surface area contributed by atoms with Gasteiger partial charge in [0.25, 0.3) is 0 Å². The van der Waals surface area contributed by atoms with E-state index in [9.17, 15) is 9.59 Å². The summed E-state index contributed by atoms with van der Waals surface area (Å²) < 4.78 is 16.8. The minimum Gasteiger partial charge on any atom is -0.491 e. The Balaban J connectivity index is 1.52. The van der Waals surface area contributed by atoms with Gasteiger partial charge in [0.2, 0.25) is 5.91 Å². The molecule has 0 unspecified atom stereocenters. The van der Waals surface area contributed by atoms with Crippen LogP contribution in [0.4, 0.5) is 10.5 Å². The molecule has 0 saturated carbocycles. The Bertz CT molecular complexity index is 709. The lowest BCUT2D eigenvalue weighted by atomic mass is 9.97. The van der Waals surface area contributed by atoms with Crippen LogP contribution >= 0.6 is 0 Å². The van der Waals surface area contributed by atoms with Crippen LogP contribution in [0, 0.1) is 5.92 Å². The van der Waals surface area contributed by atoms with E-state index in [0.29, 0.717) is 31.1 Å². The number of ether oxygens (including phenoxy) is 3. The molecule has 2 aliphatic heterocycles. The molecule has 0 aliphatic carbocycles. The standard InChI is InChI=1S/C22H32N2O5/c1-22(2,3)29-21(26)24-11-5-7-16(14-24)20(25)23-17-8-4-9-18(13-17)28-15-19-10-6-12-27-19/h4,8-9,13,16,19H,5-7,10-12,14-15H2,1-3H3,(H,23,25)/t16-,19-/m1/s1. The minimum absolute atomic E-state index is 0.0884. The molecule has 2 aliphatic rings. The molecule has 0 aromatic heterocycles. The molecule has 1 aromatic rings. The van der Waals surface area contributed by atoms with Gasteiger partial charge >= 0.3 is 6.09 Å². The van der Waals surface area contributed by atoms with Crippen LogP contribution in [0.2, 0.25) is 0 Å². The molecule has 160 valence electrons. The number of hydrogen-bond donors (Lipinski definition) is 1. The van der Waals surface area contributed by atoms with Gasteiger partial charge in [-0.3, -0.25) is 4.79 Å². The van der Waals surface area contributed by atoms with E-state index in [4.69, 9.17) is 14.2 Å². The van der Waals surface area contributed by atoms with Crippen molar-refractivity contribution in [3.05, 3.63) is 24.3 Å². The molecule has 2 saturated heterocycles. The first-order chi connectivity index (χ1) is 13.8. The normalized spacial score (nSPS) is 22.2. The quantitative estimate of drug-likeness (QED) is 0.807. The summed E-state index contributed by atoms with van der Waals surface area (Å²) in [5.41, 5.74) is 0.144. The van der Waals surface area contributed by atoms with Crippen molar-refractivity contribution in [2.75, 3.05) is 31.6 Å². The topological polar surface area (TPSA) is 77.1 Å². The summed E-state index contributed by atoms with van der Waals surface area (Å²) in [6.45, 7) is 7.82. The zero-order valence-electron chi connectivity index (χ0n) is 17.6. The SMILES string of the molecule is CC(C)(C)OC(=O)N1CCC[C@@H](C(=O)Nc2cccc(OC[C@H]3CCCO3)c2)C1. The number of hydrogen-bond acceptors (Lipinski definition) is 5. The average molecular weight is 405 g/mol. The Morgan fingerprint density at radius 3 is 2.79 bits per heavy atom. The van der Waals surface area contributed by atoms with E-state index in [-0.39, 0.29) is 24.0 Å². The third kappa shape index (κ3) is 6.63. The van der Waals surface area contributed by atoms with Gasteiger partial charge in [-0.25, -0.2) is 4.79 Å². The zero-order chi connectivity index (χ0) is 20.9. The number of nitrogens with one attached hydrogen (secondary N) is 1. The number of anilines is 1. The van der Waals surface area contributed by atoms with Crippen LogP contribution < -0.4 is 10.1 Å². The Kier molecular flexibility index (Phi) is 7.00. The van der Waals surface area contributed by atoms with Gasteiger partial charge in [0.05, 0.1) is 12.0 Å². The summed E-state index contributed by atoms with van der Waals surface area (Å²) in [4.78, 5) is 26.7. The third-order valence-electron chi connectivity index (χ3n) is 5.01. The lowest BCUT2D eigenvalue weighted by molar-refractivity contribution is -0.121. The second kappa shape index (κ2) is 9.48. The van der Waals surface area contributed by atoms with E-state index >= 15 is 0 Å². The smallest absolute Gasteiger partial charge is 0.410 e. The number of likely N-dealkylation sites (tertiary alicyclic amines) is 1. The number of carbonyl (C=O) groups is 2. The van der Waals surface area contributed by atoms with Crippen LogP contribution in [0.15, 0.2) is 24.3 Å². The lowest BCUT2D eigenvalue weighted by Crippen LogP contribution is -2.45. The van der Waals surface area contributed by atoms with E-state index in [0.717, 1.165) is 32.3 Å². The Morgan fingerprint density at radius 1 is 1.24 bits per heavy atom. The van der Waals surface area contributed by atoms with E-state index in [2.05, 4.69) is 5.32 Å². The number of piperidine rings is 1. The van der Waals surface area contributed by atoms with Crippen LogP contribution in [0.25, 0.3) is 0 Å². The van der Waals surface area contributed by atoms with Crippen LogP contribution in [-0.4, -0.2) is 54.9 Å². The molecule has 2 amide bonds. The number of nitrogens with zero attached hydrogens (tertiary/aromatic N) is 1. The lowest BCUT2D eigenvalue weighted by Gasteiger charge is -2.33. The molecule has 2 fully saturated rings. The summed E-state index contributed by atoms with van der Waals surface area (Å²) >= 11 is 0. The highest BCUT2D eigenvalue weighted by Crippen LogP contribution is 2.23. The zero-order valence-corrected chi connectivity index (χ0v) is 17.6. The minimum atomic E-state index is -0.545. The molecule has 2 heterocycles. The summed E-state index contributed by atoms with van der Waals surface area (Å²) in [7, 11) is 0. The predicted molar refractivity (Wildman–Crippen MR) is 110 cm³/mol. The molecule has 29 heavy (non-hydrogen) atoms. The molecular weight excluding hydrogens is 372 g/mol. The van der Waals surface area contributed by atoms with Crippen molar-refractivity contribution >= 4 is 17.7 Å². The maximum atomic E-state index is 12.7. The van der Waals surface area contributed by atoms with Gasteiger partial charge in [0.1, 0.15) is 18.0 Å². The van der Waals surface area contributed by atoms with Crippen LogP contribution in [0.1, 0.15) is 46.5 Å². The van der Waals surface area contributed by atoms with Crippen LogP contribution in [-0.2, 0) is 14.3 Å². The monoisotopic (exact) mass is 404 g/mol. The predicted octanol–water partition coefficient (Wildman–Crippen LogP) is 3.83. The van der Waals surface area contributed by atoms with Gasteiger partial charge in [0, 0.05) is 31.5 Å². The number of rotatable bonds is 5. The fourth-order valence-electron chi connectivity index (χ4n) is 3.56. The fourth-order valence-corrected chi connectivity index (χ4v) is 3.56. The summed E-state index contributed by atoms with van der Waals surface area (Å²) in [6, 6.07) is 7.39. The fraction of sp³-hybridized carbons (Fsp3) is 0.636. The van der Waals surface area contributed by atoms with E-state index < -0.39 is 5.60 Å². The van der Waals surface area contributed by atoms with E-state index in [1.54, 1.807) is 4.90 Å². The van der Waals surface area contributed by atoms with E-state index in [1.807, 2.05) is 45.0 Å². The summed E-state index contributed by atoms with van der Waals surface area (Å²) in [5, 5.41) is 2.96. The average Bonchev–Trinajstić information content (AvgIpc) is 3.19. The maximum absolute atomic E-state index is 12.7. The Morgan fingerprint density at radius 2 is 2.07 bits per heavy atom. The largest absolute Gasteiger partial charge is 0.491 e. The van der Waals surface area contributed by atoms with Crippen molar-refractivity contribution < 1.29 is 23.8 Å². The molecule has 7 nitrogen and oxygen atoms in total. The van der Waals surface area contributed by atoms with Crippen molar-refractivity contribution in [1.82, 2.24) is 4.90 Å². The highest BCUT2D eigenvalue weighted by atomic mass is 16.6. The highest BCUT2D eigenvalue weighted by Gasteiger charge is 2.31. The van der Waals surface area contributed by atoms with Crippen molar-refractivity contribution in [1.29, 1.82) is 0 Å². The van der Waals surface area contributed by atoms with Crippen molar-refractivity contribution in [3.63, 3.8) is 0 Å². The summed E-state index contributed by atoms with van der Waals surface area (Å²) in [6.07, 6.45) is 3.41. The van der Waals surface area contributed by atoms with Crippen molar-refractivity contribution in [2.24, 2.45) is 5.92 Å². The Hall–Kier alpha value is -2.28. The van der Waals surface area contributed by atoms with Gasteiger partial charge in [-0.15, -0.1) is 0 Å².